The van der Waals surface area contributed by atoms with Gasteiger partial charge < -0.3 is 9.84 Å². The van der Waals surface area contributed by atoms with Crippen LogP contribution in [-0.4, -0.2) is 24.0 Å². The van der Waals surface area contributed by atoms with E-state index in [4.69, 9.17) is 9.84 Å². The maximum Gasteiger partial charge on any atom is 0.335 e. The summed E-state index contributed by atoms with van der Waals surface area (Å²) in [6.45, 7) is 4.02. The Kier molecular flexibility index (Phi) is 4.55. The van der Waals surface area contributed by atoms with Crippen LogP contribution in [0.3, 0.4) is 0 Å². The van der Waals surface area contributed by atoms with Crippen LogP contribution >= 0.6 is 0 Å². The van der Waals surface area contributed by atoms with Crippen molar-refractivity contribution >= 4 is 33.3 Å². The number of hydrogen-bond acceptors (Lipinski definition) is 3. The van der Waals surface area contributed by atoms with Crippen LogP contribution in [0.2, 0.25) is 0 Å². The number of ketones is 1. The highest BCUT2D eigenvalue weighted by Crippen LogP contribution is 2.31. The topological polar surface area (TPSA) is 63.6 Å². The normalized spacial score (nSPS) is 11.0. The van der Waals surface area contributed by atoms with Crippen LogP contribution in [0.1, 0.15) is 37.4 Å². The second kappa shape index (κ2) is 7.06. The first-order chi connectivity index (χ1) is 13.9. The molecule has 0 atom stereocenters. The molecule has 0 bridgehead atoms. The molecule has 144 valence electrons. The highest BCUT2D eigenvalue weighted by molar-refractivity contribution is 6.12. The Balaban J connectivity index is 1.77. The molecule has 0 saturated heterocycles. The van der Waals surface area contributed by atoms with Crippen molar-refractivity contribution in [2.45, 2.75) is 13.8 Å². The predicted octanol–water partition coefficient (Wildman–Crippen LogP) is 5.55. The number of aromatic carboxylic acids is 1. The largest absolute Gasteiger partial charge is 0.496 e. The maximum atomic E-state index is 13.1. The molecule has 4 heteroatoms. The van der Waals surface area contributed by atoms with Gasteiger partial charge in [0.2, 0.25) is 0 Å². The molecule has 0 aliphatic heterocycles. The van der Waals surface area contributed by atoms with E-state index in [1.54, 1.807) is 43.5 Å². The number of benzene rings is 4. The standard InChI is InChI=1S/C25H20O4/c1-14-10-23(29-3)15(2)21-9-8-19(13-22(14)21)24(26)18-6-4-17-12-20(25(27)28)7-5-16(17)11-18/h4-13H,1-3H3,(H,27,28). The number of aryl methyl sites for hydroxylation is 2. The number of fused-ring (bicyclic) bond motifs is 2. The van der Waals surface area contributed by atoms with Gasteiger partial charge >= 0.3 is 5.97 Å². The first kappa shape index (κ1) is 18.7. The fraction of sp³-hybridized carbons (Fsp3) is 0.120. The van der Waals surface area contributed by atoms with E-state index < -0.39 is 5.97 Å². The van der Waals surface area contributed by atoms with Crippen molar-refractivity contribution in [3.8, 4) is 5.75 Å². The number of rotatable bonds is 4. The molecule has 4 nitrogen and oxygen atoms in total. The molecule has 4 aromatic rings. The number of carbonyl (C=O) groups is 2. The van der Waals surface area contributed by atoms with E-state index in [1.807, 2.05) is 38.1 Å². The molecule has 0 amide bonds. The summed E-state index contributed by atoms with van der Waals surface area (Å²) in [5.74, 6) is -0.196. The first-order valence-electron chi connectivity index (χ1n) is 9.29. The molecular formula is C25H20O4. The Hall–Kier alpha value is -3.66. The molecule has 0 fully saturated rings. The van der Waals surface area contributed by atoms with Gasteiger partial charge in [-0.15, -0.1) is 0 Å². The monoisotopic (exact) mass is 384 g/mol. The lowest BCUT2D eigenvalue weighted by atomic mass is 9.94. The van der Waals surface area contributed by atoms with Gasteiger partial charge in [-0.3, -0.25) is 4.79 Å². The lowest BCUT2D eigenvalue weighted by Crippen LogP contribution is -2.02. The molecule has 0 unspecified atom stereocenters. The summed E-state index contributed by atoms with van der Waals surface area (Å²) in [7, 11) is 1.66. The predicted molar refractivity (Wildman–Crippen MR) is 114 cm³/mol. The zero-order valence-corrected chi connectivity index (χ0v) is 16.4. The third-order valence-corrected chi connectivity index (χ3v) is 5.40. The zero-order valence-electron chi connectivity index (χ0n) is 16.4. The van der Waals surface area contributed by atoms with Gasteiger partial charge in [0.05, 0.1) is 12.7 Å². The molecule has 1 N–H and O–H groups in total. The Labute approximate surface area is 168 Å². The number of carboxylic acid groups (broad SMARTS) is 1. The van der Waals surface area contributed by atoms with E-state index in [0.717, 1.165) is 38.4 Å². The SMILES string of the molecule is COc1cc(C)c2cc(C(=O)c3ccc4cc(C(=O)O)ccc4c3)ccc2c1C. The average Bonchev–Trinajstić information content (AvgIpc) is 2.74. The van der Waals surface area contributed by atoms with Crippen molar-refractivity contribution < 1.29 is 19.4 Å². The van der Waals surface area contributed by atoms with Crippen LogP contribution in [0.25, 0.3) is 21.5 Å². The first-order valence-corrected chi connectivity index (χ1v) is 9.29. The molecular weight excluding hydrogens is 364 g/mol. The minimum atomic E-state index is -0.967. The highest BCUT2D eigenvalue weighted by Gasteiger charge is 2.14. The van der Waals surface area contributed by atoms with Crippen LogP contribution in [0.15, 0.2) is 60.7 Å². The van der Waals surface area contributed by atoms with E-state index in [9.17, 15) is 9.59 Å². The fourth-order valence-electron chi connectivity index (χ4n) is 3.75. The molecule has 29 heavy (non-hydrogen) atoms. The summed E-state index contributed by atoms with van der Waals surface area (Å²) < 4.78 is 5.44. The van der Waals surface area contributed by atoms with Crippen molar-refractivity contribution in [2.75, 3.05) is 7.11 Å². The maximum absolute atomic E-state index is 13.1. The number of carbonyl (C=O) groups excluding carboxylic acids is 1. The van der Waals surface area contributed by atoms with Crippen molar-refractivity contribution in [3.05, 3.63) is 88.5 Å². The minimum absolute atomic E-state index is 0.0658. The minimum Gasteiger partial charge on any atom is -0.496 e. The molecule has 0 spiro atoms. The molecule has 0 aliphatic carbocycles. The quantitative estimate of drug-likeness (QED) is 0.469. The third-order valence-electron chi connectivity index (χ3n) is 5.40. The van der Waals surface area contributed by atoms with Gasteiger partial charge in [-0.25, -0.2) is 4.79 Å². The van der Waals surface area contributed by atoms with E-state index >= 15 is 0 Å². The number of carboxylic acids is 1. The highest BCUT2D eigenvalue weighted by atomic mass is 16.5. The van der Waals surface area contributed by atoms with Crippen molar-refractivity contribution in [1.82, 2.24) is 0 Å². The summed E-state index contributed by atoms with van der Waals surface area (Å²) >= 11 is 0. The van der Waals surface area contributed by atoms with E-state index in [-0.39, 0.29) is 11.3 Å². The lowest BCUT2D eigenvalue weighted by molar-refractivity contribution is 0.0697. The van der Waals surface area contributed by atoms with E-state index in [0.29, 0.717) is 11.1 Å². The molecule has 0 radical (unpaired) electrons. The molecule has 4 rings (SSSR count). The van der Waals surface area contributed by atoms with Gasteiger partial charge in [-0.05, 0) is 76.9 Å². The fourth-order valence-corrected chi connectivity index (χ4v) is 3.75. The Morgan fingerprint density at radius 1 is 0.759 bits per heavy atom. The lowest BCUT2D eigenvalue weighted by Gasteiger charge is -2.12. The van der Waals surface area contributed by atoms with Crippen LogP contribution in [0.5, 0.6) is 5.75 Å². The van der Waals surface area contributed by atoms with Crippen LogP contribution in [0.4, 0.5) is 0 Å². The second-order valence-corrected chi connectivity index (χ2v) is 7.19. The summed E-state index contributed by atoms with van der Waals surface area (Å²) in [4.78, 5) is 24.3. The number of methoxy groups -OCH3 is 1. The van der Waals surface area contributed by atoms with Gasteiger partial charge in [0, 0.05) is 11.1 Å². The molecule has 0 aliphatic rings. The van der Waals surface area contributed by atoms with Gasteiger partial charge in [0.15, 0.2) is 5.78 Å². The Bertz CT molecular complexity index is 1300. The number of hydrogen-bond donors (Lipinski definition) is 1. The van der Waals surface area contributed by atoms with E-state index in [1.165, 1.54) is 0 Å². The van der Waals surface area contributed by atoms with Gasteiger partial charge in [0.1, 0.15) is 5.75 Å². The molecule has 0 saturated carbocycles. The van der Waals surface area contributed by atoms with Gasteiger partial charge in [0.25, 0.3) is 0 Å². The number of ether oxygens (including phenoxy) is 1. The van der Waals surface area contributed by atoms with Crippen LogP contribution in [0, 0.1) is 13.8 Å². The molecule has 0 heterocycles. The molecule has 4 aromatic carbocycles. The smallest absolute Gasteiger partial charge is 0.335 e. The van der Waals surface area contributed by atoms with Crippen LogP contribution in [-0.2, 0) is 0 Å². The second-order valence-electron chi connectivity index (χ2n) is 7.19. The Morgan fingerprint density at radius 3 is 2.00 bits per heavy atom. The molecule has 0 aromatic heterocycles. The van der Waals surface area contributed by atoms with Gasteiger partial charge in [-0.2, -0.15) is 0 Å². The average molecular weight is 384 g/mol. The van der Waals surface area contributed by atoms with E-state index in [2.05, 4.69) is 0 Å². The van der Waals surface area contributed by atoms with Crippen molar-refractivity contribution in [3.63, 3.8) is 0 Å². The van der Waals surface area contributed by atoms with Gasteiger partial charge in [-0.1, -0.05) is 30.3 Å². The van der Waals surface area contributed by atoms with Crippen molar-refractivity contribution in [1.29, 1.82) is 0 Å². The zero-order chi connectivity index (χ0) is 20.7. The summed E-state index contributed by atoms with van der Waals surface area (Å²) in [5.41, 5.74) is 3.52. The summed E-state index contributed by atoms with van der Waals surface area (Å²) in [5, 5.41) is 12.9. The van der Waals surface area contributed by atoms with Crippen molar-refractivity contribution in [2.24, 2.45) is 0 Å². The summed E-state index contributed by atoms with van der Waals surface area (Å²) in [6, 6.07) is 18.0. The Morgan fingerprint density at radius 2 is 1.34 bits per heavy atom. The van der Waals surface area contributed by atoms with Crippen LogP contribution < -0.4 is 4.74 Å². The summed E-state index contributed by atoms with van der Waals surface area (Å²) in [6.07, 6.45) is 0. The third kappa shape index (κ3) is 3.23.